The third-order valence-electron chi connectivity index (χ3n) is 7.32. The summed E-state index contributed by atoms with van der Waals surface area (Å²) in [6, 6.07) is 11.0. The zero-order valence-corrected chi connectivity index (χ0v) is 20.6. The maximum atomic E-state index is 15.4. The van der Waals surface area contributed by atoms with Gasteiger partial charge in [0.2, 0.25) is 5.88 Å². The van der Waals surface area contributed by atoms with E-state index in [0.29, 0.717) is 24.7 Å². The number of ether oxygens (including phenoxy) is 2. The Hall–Kier alpha value is -3.78. The normalized spacial score (nSPS) is 15.6. The fourth-order valence-electron chi connectivity index (χ4n) is 5.71. The van der Waals surface area contributed by atoms with E-state index in [9.17, 15) is 0 Å². The van der Waals surface area contributed by atoms with E-state index in [1.165, 1.54) is 0 Å². The molecule has 0 amide bonds. The molecule has 36 heavy (non-hydrogen) atoms. The summed E-state index contributed by atoms with van der Waals surface area (Å²) in [5.74, 6) is 0.486. The van der Waals surface area contributed by atoms with Crippen LogP contribution in [-0.2, 0) is 11.8 Å². The number of imidazole rings is 1. The van der Waals surface area contributed by atoms with Gasteiger partial charge in [0.25, 0.3) is 0 Å². The van der Waals surface area contributed by atoms with Crippen LogP contribution in [-0.4, -0.2) is 44.4 Å². The van der Waals surface area contributed by atoms with Crippen molar-refractivity contribution in [3.05, 3.63) is 72.2 Å². The van der Waals surface area contributed by atoms with Gasteiger partial charge in [-0.05, 0) is 43.9 Å². The molecule has 0 bridgehead atoms. The highest BCUT2D eigenvalue weighted by Gasteiger charge is 2.32. The first-order chi connectivity index (χ1) is 17.6. The Bertz CT molecular complexity index is 1550. The fourth-order valence-corrected chi connectivity index (χ4v) is 5.71. The second-order valence-corrected chi connectivity index (χ2v) is 9.38. The maximum absolute atomic E-state index is 15.4. The van der Waals surface area contributed by atoms with Gasteiger partial charge in [0.15, 0.2) is 0 Å². The Morgan fingerprint density at radius 1 is 1.08 bits per heavy atom. The summed E-state index contributed by atoms with van der Waals surface area (Å²) in [5, 5.41) is 0.830. The van der Waals surface area contributed by atoms with Crippen molar-refractivity contribution in [2.24, 2.45) is 13.0 Å². The van der Waals surface area contributed by atoms with Crippen LogP contribution in [0.5, 0.6) is 5.88 Å². The first-order valence-electron chi connectivity index (χ1n) is 12.2. The first-order valence-corrected chi connectivity index (χ1v) is 12.2. The van der Waals surface area contributed by atoms with Gasteiger partial charge in [0, 0.05) is 43.8 Å². The molecule has 0 spiro atoms. The maximum Gasteiger partial charge on any atom is 0.224 e. The number of methoxy groups -OCH3 is 1. The topological polar surface area (TPSA) is 67.0 Å². The molecule has 7 nitrogen and oxygen atoms in total. The van der Waals surface area contributed by atoms with Crippen molar-refractivity contribution in [3.8, 4) is 17.1 Å². The monoisotopic (exact) mass is 485 g/mol. The molecule has 1 aliphatic heterocycles. The van der Waals surface area contributed by atoms with Crippen LogP contribution in [0.2, 0.25) is 0 Å². The largest absolute Gasteiger partial charge is 0.480 e. The van der Waals surface area contributed by atoms with Crippen molar-refractivity contribution in [1.82, 2.24) is 24.1 Å². The zero-order chi connectivity index (χ0) is 24.8. The zero-order valence-electron chi connectivity index (χ0n) is 20.6. The molecule has 8 heteroatoms. The number of aromatic nitrogens is 5. The third-order valence-corrected chi connectivity index (χ3v) is 7.32. The predicted octanol–water partition coefficient (Wildman–Crippen LogP) is 5.46. The number of rotatable bonds is 5. The summed E-state index contributed by atoms with van der Waals surface area (Å²) in [6.45, 7) is 3.32. The van der Waals surface area contributed by atoms with Gasteiger partial charge in [-0.3, -0.25) is 4.98 Å². The van der Waals surface area contributed by atoms with Crippen LogP contribution in [0.1, 0.15) is 30.1 Å². The lowest BCUT2D eigenvalue weighted by atomic mass is 9.86. The molecule has 1 aliphatic rings. The second kappa shape index (κ2) is 9.02. The number of pyridine rings is 2. The lowest BCUT2D eigenvalue weighted by Gasteiger charge is -2.33. The number of benzene rings is 1. The quantitative estimate of drug-likeness (QED) is 0.331. The molecular formula is C28H28FN5O2. The lowest BCUT2D eigenvalue weighted by molar-refractivity contribution is 0.0548. The molecule has 0 radical (unpaired) electrons. The van der Waals surface area contributed by atoms with E-state index in [-0.39, 0.29) is 17.8 Å². The highest BCUT2D eigenvalue weighted by atomic mass is 19.1. The Kier molecular flexibility index (Phi) is 5.68. The van der Waals surface area contributed by atoms with Crippen molar-refractivity contribution in [2.45, 2.75) is 25.8 Å². The smallest absolute Gasteiger partial charge is 0.224 e. The van der Waals surface area contributed by atoms with Crippen molar-refractivity contribution < 1.29 is 13.9 Å². The molecule has 5 heterocycles. The molecule has 184 valence electrons. The van der Waals surface area contributed by atoms with Crippen LogP contribution in [0.3, 0.4) is 0 Å². The van der Waals surface area contributed by atoms with Crippen molar-refractivity contribution in [1.29, 1.82) is 0 Å². The van der Waals surface area contributed by atoms with Crippen LogP contribution < -0.4 is 4.74 Å². The Morgan fingerprint density at radius 3 is 2.61 bits per heavy atom. The first kappa shape index (κ1) is 22.7. The number of hydrogen-bond acceptors (Lipinski definition) is 5. The summed E-state index contributed by atoms with van der Waals surface area (Å²) < 4.78 is 31.0. The van der Waals surface area contributed by atoms with Gasteiger partial charge in [-0.1, -0.05) is 18.2 Å². The Labute approximate surface area is 208 Å². The molecule has 0 unspecified atom stereocenters. The van der Waals surface area contributed by atoms with Crippen LogP contribution in [0.4, 0.5) is 4.39 Å². The molecular weight excluding hydrogens is 457 g/mol. The molecule has 1 fully saturated rings. The molecule has 6 rings (SSSR count). The van der Waals surface area contributed by atoms with E-state index in [4.69, 9.17) is 14.5 Å². The van der Waals surface area contributed by atoms with Gasteiger partial charge in [-0.2, -0.15) is 0 Å². The summed E-state index contributed by atoms with van der Waals surface area (Å²) in [4.78, 5) is 13.9. The van der Waals surface area contributed by atoms with Crippen LogP contribution in [0.25, 0.3) is 33.2 Å². The van der Waals surface area contributed by atoms with E-state index < -0.39 is 0 Å². The van der Waals surface area contributed by atoms with Crippen molar-refractivity contribution >= 4 is 21.9 Å². The summed E-state index contributed by atoms with van der Waals surface area (Å²) >= 11 is 0. The molecule has 0 aliphatic carbocycles. The van der Waals surface area contributed by atoms with E-state index in [1.807, 2.05) is 49.3 Å². The summed E-state index contributed by atoms with van der Waals surface area (Å²) in [6.07, 6.45) is 7.11. The van der Waals surface area contributed by atoms with E-state index >= 15 is 4.39 Å². The SMILES string of the molecule is COc1nccc2c1c1ncc(-c3c(C)ncn3C)cc1n2[C@H](c1ccccc1F)C1CCOCC1. The number of hydrogen-bond donors (Lipinski definition) is 0. The predicted molar refractivity (Wildman–Crippen MR) is 137 cm³/mol. The molecule has 5 aromatic rings. The standard InChI is InChI=1S/C28H28FN5O2/c1-17-26(33(2)16-32-17)19-14-23-25(31-15-19)24-22(8-11-30-28(24)35-3)34(23)27(18-9-12-36-13-10-18)20-6-4-5-7-21(20)29/h4-8,11,14-16,18,27H,9-10,12-13H2,1-3H3/t27-/m0/s1. The van der Waals surface area contributed by atoms with E-state index in [2.05, 4.69) is 20.6 Å². The highest BCUT2D eigenvalue weighted by Crippen LogP contribution is 2.43. The molecule has 4 aromatic heterocycles. The van der Waals surface area contributed by atoms with Gasteiger partial charge in [0.1, 0.15) is 11.3 Å². The number of aryl methyl sites for hydroxylation is 2. The van der Waals surface area contributed by atoms with Gasteiger partial charge in [-0.25, -0.2) is 14.4 Å². The van der Waals surface area contributed by atoms with Crippen LogP contribution in [0, 0.1) is 18.7 Å². The number of fused-ring (bicyclic) bond motifs is 3. The van der Waals surface area contributed by atoms with Gasteiger partial charge in [-0.15, -0.1) is 0 Å². The van der Waals surface area contributed by atoms with E-state index in [0.717, 1.165) is 51.7 Å². The van der Waals surface area contributed by atoms with Crippen LogP contribution >= 0.6 is 0 Å². The van der Waals surface area contributed by atoms with Crippen molar-refractivity contribution in [3.63, 3.8) is 0 Å². The minimum atomic E-state index is -0.244. The highest BCUT2D eigenvalue weighted by molar-refractivity contribution is 6.09. The second-order valence-electron chi connectivity index (χ2n) is 9.38. The number of nitrogens with zero attached hydrogens (tertiary/aromatic N) is 5. The average Bonchev–Trinajstić information content (AvgIpc) is 3.42. The average molecular weight is 486 g/mol. The minimum absolute atomic E-state index is 0.190. The fraction of sp³-hybridized carbons (Fsp3) is 0.321. The lowest BCUT2D eigenvalue weighted by Crippen LogP contribution is -2.27. The van der Waals surface area contributed by atoms with Gasteiger partial charge >= 0.3 is 0 Å². The molecule has 1 atom stereocenters. The molecule has 1 saturated heterocycles. The van der Waals surface area contributed by atoms with Gasteiger partial charge in [0.05, 0.1) is 47.3 Å². The number of halogens is 1. The summed E-state index contributed by atoms with van der Waals surface area (Å²) in [7, 11) is 3.59. The Morgan fingerprint density at radius 2 is 1.89 bits per heavy atom. The molecule has 0 saturated carbocycles. The van der Waals surface area contributed by atoms with Gasteiger partial charge < -0.3 is 18.6 Å². The molecule has 1 aromatic carbocycles. The Balaban J connectivity index is 1.71. The minimum Gasteiger partial charge on any atom is -0.480 e. The van der Waals surface area contributed by atoms with Crippen LogP contribution in [0.15, 0.2) is 55.1 Å². The molecule has 0 N–H and O–H groups in total. The van der Waals surface area contributed by atoms with E-state index in [1.54, 1.807) is 25.4 Å². The third kappa shape index (κ3) is 3.55. The summed E-state index contributed by atoms with van der Waals surface area (Å²) in [5.41, 5.74) is 6.16. The van der Waals surface area contributed by atoms with Crippen molar-refractivity contribution in [2.75, 3.05) is 20.3 Å².